The van der Waals surface area contributed by atoms with Crippen LogP contribution >= 0.6 is 0 Å². The van der Waals surface area contributed by atoms with Crippen molar-refractivity contribution in [1.82, 2.24) is 15.2 Å². The number of rotatable bonds is 2. The molecular formula is C15H25N3O2. The molecule has 2 heterocycles. The van der Waals surface area contributed by atoms with Crippen molar-refractivity contribution in [1.29, 1.82) is 0 Å². The normalized spacial score (nSPS) is 18.7. The van der Waals surface area contributed by atoms with Crippen molar-refractivity contribution in [2.45, 2.75) is 53.5 Å². The molecule has 0 spiro atoms. The number of carbonyl (C=O) groups excluding carboxylic acids is 1. The van der Waals surface area contributed by atoms with Gasteiger partial charge in [0.25, 0.3) is 0 Å². The highest BCUT2D eigenvalue weighted by Gasteiger charge is 2.25. The number of amides is 2. The number of nitrogens with zero attached hydrogens (tertiary/aromatic N) is 2. The maximum absolute atomic E-state index is 12.2. The molecule has 1 aromatic heterocycles. The van der Waals surface area contributed by atoms with Gasteiger partial charge in [-0.15, -0.1) is 0 Å². The van der Waals surface area contributed by atoms with Crippen LogP contribution in [0.4, 0.5) is 4.79 Å². The first-order valence-electron chi connectivity index (χ1n) is 7.33. The summed E-state index contributed by atoms with van der Waals surface area (Å²) in [5, 5.41) is 2.90. The SMILES string of the molecule is Cc1nc(CNC(=O)N2CCCC(C)(C)CC2)oc1C. The molecule has 20 heavy (non-hydrogen) atoms. The topological polar surface area (TPSA) is 58.4 Å². The van der Waals surface area contributed by atoms with Crippen LogP contribution < -0.4 is 5.32 Å². The monoisotopic (exact) mass is 279 g/mol. The Morgan fingerprint density at radius 2 is 2.10 bits per heavy atom. The van der Waals surface area contributed by atoms with Gasteiger partial charge in [-0.25, -0.2) is 9.78 Å². The van der Waals surface area contributed by atoms with Gasteiger partial charge in [0.2, 0.25) is 5.89 Å². The number of hydrogen-bond acceptors (Lipinski definition) is 3. The van der Waals surface area contributed by atoms with Crippen LogP contribution in [0.5, 0.6) is 0 Å². The molecule has 0 aromatic carbocycles. The Labute approximate surface area is 120 Å². The Morgan fingerprint density at radius 3 is 2.75 bits per heavy atom. The first-order chi connectivity index (χ1) is 9.37. The lowest BCUT2D eigenvalue weighted by Crippen LogP contribution is -2.40. The Hall–Kier alpha value is -1.52. The van der Waals surface area contributed by atoms with Gasteiger partial charge in [-0.2, -0.15) is 0 Å². The van der Waals surface area contributed by atoms with Crippen molar-refractivity contribution in [3.8, 4) is 0 Å². The van der Waals surface area contributed by atoms with Crippen molar-refractivity contribution < 1.29 is 9.21 Å². The Kier molecular flexibility index (Phi) is 4.35. The lowest BCUT2D eigenvalue weighted by molar-refractivity contribution is 0.195. The molecule has 0 bridgehead atoms. The third-order valence-corrected chi connectivity index (χ3v) is 4.09. The van der Waals surface area contributed by atoms with Gasteiger partial charge in [0.05, 0.1) is 12.2 Å². The number of likely N-dealkylation sites (tertiary alicyclic amines) is 1. The maximum Gasteiger partial charge on any atom is 0.317 e. The molecule has 5 nitrogen and oxygen atoms in total. The third-order valence-electron chi connectivity index (χ3n) is 4.09. The highest BCUT2D eigenvalue weighted by Crippen LogP contribution is 2.29. The molecule has 0 unspecified atom stereocenters. The predicted octanol–water partition coefficient (Wildman–Crippen LogP) is 3.01. The number of urea groups is 1. The van der Waals surface area contributed by atoms with Crippen molar-refractivity contribution in [3.05, 3.63) is 17.3 Å². The number of carbonyl (C=O) groups is 1. The summed E-state index contributed by atoms with van der Waals surface area (Å²) >= 11 is 0. The molecule has 2 rings (SSSR count). The molecule has 112 valence electrons. The van der Waals surface area contributed by atoms with Crippen LogP contribution in [0.3, 0.4) is 0 Å². The highest BCUT2D eigenvalue weighted by atomic mass is 16.4. The Bertz CT molecular complexity index is 460. The summed E-state index contributed by atoms with van der Waals surface area (Å²) in [4.78, 5) is 18.3. The van der Waals surface area contributed by atoms with Gasteiger partial charge in [0, 0.05) is 13.1 Å². The van der Waals surface area contributed by atoms with Crippen LogP contribution in [0, 0.1) is 19.3 Å². The molecule has 1 aliphatic rings. The molecule has 0 saturated carbocycles. The quantitative estimate of drug-likeness (QED) is 0.905. The fourth-order valence-electron chi connectivity index (χ4n) is 2.50. The van der Waals surface area contributed by atoms with Crippen LogP contribution in [-0.2, 0) is 6.54 Å². The van der Waals surface area contributed by atoms with Gasteiger partial charge < -0.3 is 14.6 Å². The molecule has 1 fully saturated rings. The van der Waals surface area contributed by atoms with Crippen molar-refractivity contribution in [3.63, 3.8) is 0 Å². The van der Waals surface area contributed by atoms with Gasteiger partial charge in [-0.3, -0.25) is 0 Å². The van der Waals surface area contributed by atoms with E-state index in [-0.39, 0.29) is 6.03 Å². The van der Waals surface area contributed by atoms with Crippen LogP contribution in [0.1, 0.15) is 50.5 Å². The minimum absolute atomic E-state index is 0.0174. The zero-order valence-corrected chi connectivity index (χ0v) is 13.0. The van der Waals surface area contributed by atoms with E-state index in [0.717, 1.165) is 37.4 Å². The summed E-state index contributed by atoms with van der Waals surface area (Å²) < 4.78 is 5.47. The molecule has 5 heteroatoms. The lowest BCUT2D eigenvalue weighted by Gasteiger charge is -2.23. The summed E-state index contributed by atoms with van der Waals surface area (Å²) in [6.45, 7) is 10.3. The molecular weight excluding hydrogens is 254 g/mol. The molecule has 1 aromatic rings. The summed E-state index contributed by atoms with van der Waals surface area (Å²) in [6.07, 6.45) is 3.30. The van der Waals surface area contributed by atoms with E-state index in [0.29, 0.717) is 17.9 Å². The summed E-state index contributed by atoms with van der Waals surface area (Å²) in [6, 6.07) is -0.0174. The minimum atomic E-state index is -0.0174. The number of aromatic nitrogens is 1. The molecule has 0 aliphatic carbocycles. The van der Waals surface area contributed by atoms with Gasteiger partial charge in [0.15, 0.2) is 0 Å². The second-order valence-electron chi connectivity index (χ2n) is 6.41. The van der Waals surface area contributed by atoms with Crippen molar-refractivity contribution in [2.24, 2.45) is 5.41 Å². The van der Waals surface area contributed by atoms with Gasteiger partial charge in [0.1, 0.15) is 5.76 Å². The molecule has 1 N–H and O–H groups in total. The largest absolute Gasteiger partial charge is 0.444 e. The smallest absolute Gasteiger partial charge is 0.317 e. The van der Waals surface area contributed by atoms with Crippen LogP contribution in [0.2, 0.25) is 0 Å². The van der Waals surface area contributed by atoms with Crippen LogP contribution in [0.25, 0.3) is 0 Å². The Balaban J connectivity index is 1.85. The van der Waals surface area contributed by atoms with Gasteiger partial charge in [-0.05, 0) is 38.5 Å². The van der Waals surface area contributed by atoms with E-state index in [1.807, 2.05) is 18.7 Å². The number of oxazole rings is 1. The minimum Gasteiger partial charge on any atom is -0.444 e. The van der Waals surface area contributed by atoms with E-state index in [1.54, 1.807) is 0 Å². The summed E-state index contributed by atoms with van der Waals surface area (Å²) in [5.74, 6) is 1.38. The van der Waals surface area contributed by atoms with Gasteiger partial charge in [-0.1, -0.05) is 13.8 Å². The molecule has 2 amide bonds. The first-order valence-corrected chi connectivity index (χ1v) is 7.33. The second kappa shape index (κ2) is 5.85. The summed E-state index contributed by atoms with van der Waals surface area (Å²) in [7, 11) is 0. The van der Waals surface area contributed by atoms with E-state index in [1.165, 1.54) is 6.42 Å². The fraction of sp³-hybridized carbons (Fsp3) is 0.733. The molecule has 0 atom stereocenters. The zero-order chi connectivity index (χ0) is 14.8. The molecule has 1 saturated heterocycles. The van der Waals surface area contributed by atoms with Crippen LogP contribution in [-0.4, -0.2) is 29.0 Å². The Morgan fingerprint density at radius 1 is 1.35 bits per heavy atom. The second-order valence-corrected chi connectivity index (χ2v) is 6.41. The molecule has 1 aliphatic heterocycles. The average Bonchev–Trinajstić information content (AvgIpc) is 2.58. The number of aryl methyl sites for hydroxylation is 2. The fourth-order valence-corrected chi connectivity index (χ4v) is 2.50. The molecule has 0 radical (unpaired) electrons. The standard InChI is InChI=1S/C15H25N3O2/c1-11-12(2)20-13(17-11)10-16-14(19)18-8-5-6-15(3,4)7-9-18/h5-10H2,1-4H3,(H,16,19). The zero-order valence-electron chi connectivity index (χ0n) is 13.0. The lowest BCUT2D eigenvalue weighted by atomic mass is 9.85. The average molecular weight is 279 g/mol. The van der Waals surface area contributed by atoms with E-state index in [9.17, 15) is 4.79 Å². The maximum atomic E-state index is 12.2. The highest BCUT2D eigenvalue weighted by molar-refractivity contribution is 5.74. The van der Waals surface area contributed by atoms with E-state index in [2.05, 4.69) is 24.1 Å². The summed E-state index contributed by atoms with van der Waals surface area (Å²) in [5.41, 5.74) is 1.22. The van der Waals surface area contributed by atoms with Crippen LogP contribution in [0.15, 0.2) is 4.42 Å². The first kappa shape index (κ1) is 14.9. The van der Waals surface area contributed by atoms with Gasteiger partial charge >= 0.3 is 6.03 Å². The number of nitrogens with one attached hydrogen (secondary N) is 1. The van der Waals surface area contributed by atoms with E-state index >= 15 is 0 Å². The van der Waals surface area contributed by atoms with E-state index in [4.69, 9.17) is 4.42 Å². The number of hydrogen-bond donors (Lipinski definition) is 1. The predicted molar refractivity (Wildman–Crippen MR) is 77.4 cm³/mol. The van der Waals surface area contributed by atoms with Crippen molar-refractivity contribution in [2.75, 3.05) is 13.1 Å². The third kappa shape index (κ3) is 3.74. The van der Waals surface area contributed by atoms with Crippen molar-refractivity contribution >= 4 is 6.03 Å². The van der Waals surface area contributed by atoms with E-state index < -0.39 is 0 Å².